The molecule has 8 nitrogen and oxygen atoms in total. The molecule has 1 N–H and O–H groups in total. The number of anilines is 2. The number of alkyl halides is 3. The molecule has 4 rings (SSSR count). The zero-order valence-electron chi connectivity index (χ0n) is 17.5. The summed E-state index contributed by atoms with van der Waals surface area (Å²) >= 11 is 6.14. The van der Waals surface area contributed by atoms with Crippen LogP contribution >= 0.6 is 11.6 Å². The van der Waals surface area contributed by atoms with Crippen molar-refractivity contribution in [3.8, 4) is 0 Å². The Hall–Kier alpha value is -1.85. The van der Waals surface area contributed by atoms with E-state index in [0.29, 0.717) is 52.4 Å². The van der Waals surface area contributed by atoms with E-state index >= 15 is 0 Å². The van der Waals surface area contributed by atoms with Gasteiger partial charge in [0.25, 0.3) is 0 Å². The van der Waals surface area contributed by atoms with Gasteiger partial charge >= 0.3 is 6.18 Å². The van der Waals surface area contributed by atoms with Gasteiger partial charge < -0.3 is 20.0 Å². The largest absolute Gasteiger partial charge is 0.435 e. The first kappa shape index (κ1) is 22.3. The van der Waals surface area contributed by atoms with E-state index in [-0.39, 0.29) is 23.7 Å². The quantitative estimate of drug-likeness (QED) is 0.725. The fourth-order valence-corrected chi connectivity index (χ4v) is 4.40. The van der Waals surface area contributed by atoms with Crippen LogP contribution in [0.1, 0.15) is 19.0 Å². The van der Waals surface area contributed by atoms with Gasteiger partial charge in [0.05, 0.1) is 6.54 Å². The number of piperazine rings is 2. The lowest BCUT2D eigenvalue weighted by molar-refractivity contribution is -0.141. The number of amides is 1. The van der Waals surface area contributed by atoms with Gasteiger partial charge in [-0.25, -0.2) is 4.98 Å². The van der Waals surface area contributed by atoms with E-state index in [4.69, 9.17) is 11.6 Å². The van der Waals surface area contributed by atoms with E-state index in [1.807, 2.05) is 16.7 Å². The maximum Gasteiger partial charge on any atom is 0.435 e. The number of hydrogen-bond donors (Lipinski definition) is 1. The SMILES string of the molecule is CC1CCN1c1nc(N2CCN(CC(=O)N3CCNCC3)CC2)c(Cl)c(C(F)(F)F)n1. The smallest absolute Gasteiger partial charge is 0.353 e. The molecule has 0 bridgehead atoms. The molecule has 1 aromatic rings. The lowest BCUT2D eigenvalue weighted by Crippen LogP contribution is -2.53. The summed E-state index contributed by atoms with van der Waals surface area (Å²) in [7, 11) is 0. The molecular weight excluding hydrogens is 435 g/mol. The van der Waals surface area contributed by atoms with Crippen molar-refractivity contribution in [3.63, 3.8) is 0 Å². The summed E-state index contributed by atoms with van der Waals surface area (Å²) < 4.78 is 40.7. The molecule has 1 aromatic heterocycles. The molecule has 0 radical (unpaired) electrons. The van der Waals surface area contributed by atoms with Gasteiger partial charge in [0, 0.05) is 64.9 Å². The van der Waals surface area contributed by atoms with Gasteiger partial charge in [-0.05, 0) is 13.3 Å². The lowest BCUT2D eigenvalue weighted by atomic mass is 10.1. The van der Waals surface area contributed by atoms with Crippen LogP contribution in [0.3, 0.4) is 0 Å². The molecule has 1 atom stereocenters. The summed E-state index contributed by atoms with van der Waals surface area (Å²) in [6, 6.07) is 0.1000. The Bertz CT molecular complexity index is 810. The Morgan fingerprint density at radius 2 is 1.77 bits per heavy atom. The predicted molar refractivity (Wildman–Crippen MR) is 112 cm³/mol. The van der Waals surface area contributed by atoms with Crippen molar-refractivity contribution >= 4 is 29.3 Å². The van der Waals surface area contributed by atoms with Crippen LogP contribution in [0, 0.1) is 0 Å². The standard InChI is InChI=1S/C19H27ClF3N7O/c1-13-2-5-30(13)18-25-16(19(21,22)23)15(20)17(26-18)29-10-8-27(9-11-29)12-14(31)28-6-3-24-4-7-28/h13,24H,2-12H2,1H3. The van der Waals surface area contributed by atoms with E-state index in [2.05, 4.69) is 15.3 Å². The third kappa shape index (κ3) is 4.83. The van der Waals surface area contributed by atoms with Crippen molar-refractivity contribution < 1.29 is 18.0 Å². The van der Waals surface area contributed by atoms with Crippen LogP contribution < -0.4 is 15.1 Å². The number of carbonyl (C=O) groups excluding carboxylic acids is 1. The van der Waals surface area contributed by atoms with Gasteiger partial charge in [0.15, 0.2) is 11.5 Å². The molecular formula is C19H27ClF3N7O. The normalized spacial score (nSPS) is 23.1. The average molecular weight is 462 g/mol. The number of rotatable bonds is 4. The van der Waals surface area contributed by atoms with Gasteiger partial charge in [-0.2, -0.15) is 18.2 Å². The second-order valence-electron chi connectivity index (χ2n) is 8.23. The van der Waals surface area contributed by atoms with E-state index < -0.39 is 16.9 Å². The summed E-state index contributed by atoms with van der Waals surface area (Å²) in [5.41, 5.74) is -1.09. The number of carbonyl (C=O) groups is 1. The maximum atomic E-state index is 13.6. The molecule has 4 heterocycles. The number of hydrogen-bond acceptors (Lipinski definition) is 7. The molecule has 1 amide bonds. The van der Waals surface area contributed by atoms with Crippen molar-refractivity contribution in [2.24, 2.45) is 0 Å². The topological polar surface area (TPSA) is 67.8 Å². The molecule has 3 aliphatic heterocycles. The predicted octanol–water partition coefficient (Wildman–Crippen LogP) is 1.30. The highest BCUT2D eigenvalue weighted by molar-refractivity contribution is 6.33. The van der Waals surface area contributed by atoms with E-state index in [0.717, 1.165) is 19.5 Å². The molecule has 12 heteroatoms. The minimum Gasteiger partial charge on any atom is -0.353 e. The highest BCUT2D eigenvalue weighted by Gasteiger charge is 2.40. The van der Waals surface area contributed by atoms with Crippen molar-refractivity contribution in [2.75, 3.05) is 75.2 Å². The van der Waals surface area contributed by atoms with Gasteiger partial charge in [-0.1, -0.05) is 11.6 Å². The van der Waals surface area contributed by atoms with Gasteiger partial charge in [-0.3, -0.25) is 9.69 Å². The molecule has 1 unspecified atom stereocenters. The van der Waals surface area contributed by atoms with Gasteiger partial charge in [0.1, 0.15) is 5.02 Å². The Labute approximate surface area is 184 Å². The highest BCUT2D eigenvalue weighted by atomic mass is 35.5. The maximum absolute atomic E-state index is 13.6. The summed E-state index contributed by atoms with van der Waals surface area (Å²) in [5, 5.41) is 2.76. The summed E-state index contributed by atoms with van der Waals surface area (Å²) in [5.74, 6) is 0.274. The number of nitrogens with one attached hydrogen (secondary N) is 1. The molecule has 0 spiro atoms. The van der Waals surface area contributed by atoms with Crippen LogP contribution in [0.4, 0.5) is 24.9 Å². The van der Waals surface area contributed by atoms with Crippen molar-refractivity contribution in [1.82, 2.24) is 25.1 Å². The van der Waals surface area contributed by atoms with Crippen LogP contribution in [-0.4, -0.2) is 97.2 Å². The Morgan fingerprint density at radius 1 is 1.10 bits per heavy atom. The zero-order chi connectivity index (χ0) is 22.2. The van der Waals surface area contributed by atoms with Crippen molar-refractivity contribution in [1.29, 1.82) is 0 Å². The molecule has 172 valence electrons. The second kappa shape index (κ2) is 8.95. The third-order valence-corrected chi connectivity index (χ3v) is 6.52. The molecule has 3 saturated heterocycles. The molecule has 31 heavy (non-hydrogen) atoms. The van der Waals surface area contributed by atoms with Crippen LogP contribution in [0.5, 0.6) is 0 Å². The van der Waals surface area contributed by atoms with Crippen molar-refractivity contribution in [2.45, 2.75) is 25.6 Å². The van der Waals surface area contributed by atoms with Crippen LogP contribution in [-0.2, 0) is 11.0 Å². The Kier molecular flexibility index (Phi) is 6.45. The zero-order valence-corrected chi connectivity index (χ0v) is 18.2. The van der Waals surface area contributed by atoms with Gasteiger partial charge in [-0.15, -0.1) is 0 Å². The molecule has 0 aliphatic carbocycles. The first-order valence-corrected chi connectivity index (χ1v) is 11.0. The molecule has 3 aliphatic rings. The number of aromatic nitrogens is 2. The first-order valence-electron chi connectivity index (χ1n) is 10.6. The average Bonchev–Trinajstić information content (AvgIpc) is 2.74. The lowest BCUT2D eigenvalue weighted by Gasteiger charge is -2.40. The van der Waals surface area contributed by atoms with Crippen LogP contribution in [0.15, 0.2) is 0 Å². The highest BCUT2D eigenvalue weighted by Crippen LogP contribution is 2.40. The van der Waals surface area contributed by atoms with Crippen LogP contribution in [0.25, 0.3) is 0 Å². The van der Waals surface area contributed by atoms with Crippen molar-refractivity contribution in [3.05, 3.63) is 10.7 Å². The first-order chi connectivity index (χ1) is 14.7. The van der Waals surface area contributed by atoms with Crippen LogP contribution in [0.2, 0.25) is 5.02 Å². The molecule has 0 aromatic carbocycles. The Balaban J connectivity index is 1.46. The summed E-state index contributed by atoms with van der Waals surface area (Å²) in [4.78, 5) is 28.0. The van der Waals surface area contributed by atoms with E-state index in [9.17, 15) is 18.0 Å². The van der Waals surface area contributed by atoms with E-state index in [1.54, 1.807) is 9.80 Å². The third-order valence-electron chi connectivity index (χ3n) is 6.17. The summed E-state index contributed by atoms with van der Waals surface area (Å²) in [6.07, 6.45) is -3.77. The number of halogens is 4. The number of nitrogens with zero attached hydrogens (tertiary/aromatic N) is 6. The molecule has 3 fully saturated rings. The monoisotopic (exact) mass is 461 g/mol. The fourth-order valence-electron chi connectivity index (χ4n) is 4.09. The van der Waals surface area contributed by atoms with Gasteiger partial charge in [0.2, 0.25) is 11.9 Å². The fraction of sp³-hybridized carbons (Fsp3) is 0.737. The minimum absolute atomic E-state index is 0.0711. The van der Waals surface area contributed by atoms with E-state index in [1.165, 1.54) is 0 Å². The molecule has 0 saturated carbocycles. The summed E-state index contributed by atoms with van der Waals surface area (Å²) in [6.45, 7) is 7.86. The Morgan fingerprint density at radius 3 is 2.32 bits per heavy atom. The second-order valence-corrected chi connectivity index (χ2v) is 8.61. The minimum atomic E-state index is -4.66.